The van der Waals surface area contributed by atoms with Gasteiger partial charge in [-0.15, -0.1) is 0 Å². The third kappa shape index (κ3) is 3.42. The van der Waals surface area contributed by atoms with Gasteiger partial charge < -0.3 is 9.80 Å². The number of piperazine rings is 1. The first kappa shape index (κ1) is 17.8. The second-order valence-electron chi connectivity index (χ2n) is 8.14. The van der Waals surface area contributed by atoms with Crippen LogP contribution in [0.5, 0.6) is 0 Å². The third-order valence-electron chi connectivity index (χ3n) is 6.30. The zero-order valence-corrected chi connectivity index (χ0v) is 16.6. The summed E-state index contributed by atoms with van der Waals surface area (Å²) in [5.74, 6) is 0.906. The van der Waals surface area contributed by atoms with Gasteiger partial charge in [-0.3, -0.25) is 9.89 Å². The first-order valence-corrected chi connectivity index (χ1v) is 10.4. The maximum absolute atomic E-state index is 5.09. The Bertz CT molecular complexity index is 857. The van der Waals surface area contributed by atoms with Crippen LogP contribution in [0, 0.1) is 0 Å². The highest BCUT2D eigenvalue weighted by atomic mass is 15.3. The largest absolute Gasteiger partial charge is 0.369 e. The fraction of sp³-hybridized carbons (Fsp3) is 0.500. The van der Waals surface area contributed by atoms with Gasteiger partial charge in [0.25, 0.3) is 0 Å². The molecule has 146 valence electrons. The lowest BCUT2D eigenvalue weighted by molar-refractivity contribution is 0.285. The average Bonchev–Trinajstić information content (AvgIpc) is 3.35. The van der Waals surface area contributed by atoms with Crippen LogP contribution in [0.25, 0.3) is 0 Å². The summed E-state index contributed by atoms with van der Waals surface area (Å²) in [6.07, 6.45) is 7.05. The number of aliphatic imine (C=N–C) groups is 1. The van der Waals surface area contributed by atoms with Crippen LogP contribution in [-0.2, 0) is 13.0 Å². The van der Waals surface area contributed by atoms with Gasteiger partial charge in [0.1, 0.15) is 5.82 Å². The number of likely N-dealkylation sites (N-methyl/N-ethyl adjacent to an activating group) is 1. The van der Waals surface area contributed by atoms with E-state index in [0.717, 1.165) is 51.5 Å². The summed E-state index contributed by atoms with van der Waals surface area (Å²) in [6.45, 7) is 6.37. The second-order valence-corrected chi connectivity index (χ2v) is 8.14. The summed E-state index contributed by atoms with van der Waals surface area (Å²) >= 11 is 0. The van der Waals surface area contributed by atoms with E-state index >= 15 is 0 Å². The molecule has 0 aliphatic carbocycles. The fourth-order valence-electron chi connectivity index (χ4n) is 4.75. The van der Waals surface area contributed by atoms with Crippen LogP contribution in [0.1, 0.15) is 24.2 Å². The Kier molecular flexibility index (Phi) is 4.82. The van der Waals surface area contributed by atoms with Crippen molar-refractivity contribution >= 4 is 17.1 Å². The van der Waals surface area contributed by atoms with Gasteiger partial charge in [-0.25, -0.2) is 9.97 Å². The molecule has 28 heavy (non-hydrogen) atoms. The highest BCUT2D eigenvalue weighted by molar-refractivity contribution is 5.99. The maximum atomic E-state index is 5.09. The van der Waals surface area contributed by atoms with E-state index in [1.165, 1.54) is 35.5 Å². The fourth-order valence-corrected chi connectivity index (χ4v) is 4.75. The molecule has 3 aliphatic heterocycles. The minimum absolute atomic E-state index is 0.413. The predicted octanol–water partition coefficient (Wildman–Crippen LogP) is 2.52. The summed E-state index contributed by atoms with van der Waals surface area (Å²) in [6, 6.07) is 8.93. The van der Waals surface area contributed by atoms with Crippen molar-refractivity contribution in [3.8, 4) is 0 Å². The number of fused-ring (bicyclic) bond motifs is 1. The van der Waals surface area contributed by atoms with Crippen LogP contribution in [0.2, 0.25) is 0 Å². The number of anilines is 1. The van der Waals surface area contributed by atoms with E-state index in [1.807, 2.05) is 18.5 Å². The lowest BCUT2D eigenvalue weighted by Gasteiger charge is -2.35. The first-order chi connectivity index (χ1) is 13.8. The summed E-state index contributed by atoms with van der Waals surface area (Å²) in [4.78, 5) is 21.4. The number of likely N-dealkylation sites (tertiary alicyclic amines) is 1. The Labute approximate surface area is 166 Å². The number of hydrogen-bond donors (Lipinski definition) is 0. The van der Waals surface area contributed by atoms with E-state index in [-0.39, 0.29) is 0 Å². The zero-order valence-electron chi connectivity index (χ0n) is 16.6. The molecular formula is C22H28N6. The van der Waals surface area contributed by atoms with Crippen LogP contribution in [0.4, 0.5) is 11.4 Å². The van der Waals surface area contributed by atoms with Crippen molar-refractivity contribution in [2.24, 2.45) is 4.99 Å². The number of nitrogens with zero attached hydrogens (tertiary/aromatic N) is 6. The molecule has 1 aromatic heterocycles. The first-order valence-electron chi connectivity index (χ1n) is 10.4. The Hall–Kier alpha value is -2.31. The quantitative estimate of drug-likeness (QED) is 0.821. The van der Waals surface area contributed by atoms with Gasteiger partial charge in [0.15, 0.2) is 0 Å². The van der Waals surface area contributed by atoms with Crippen LogP contribution in [0.15, 0.2) is 41.7 Å². The molecule has 6 heteroatoms. The van der Waals surface area contributed by atoms with Gasteiger partial charge in [0.05, 0.1) is 12.2 Å². The van der Waals surface area contributed by atoms with Crippen molar-refractivity contribution in [2.75, 3.05) is 44.7 Å². The lowest BCUT2D eigenvalue weighted by atomic mass is 10.0. The molecule has 3 aliphatic rings. The van der Waals surface area contributed by atoms with E-state index in [2.05, 4.69) is 49.9 Å². The van der Waals surface area contributed by atoms with E-state index in [4.69, 9.17) is 4.99 Å². The molecule has 1 aromatic carbocycles. The lowest BCUT2D eigenvalue weighted by Crippen LogP contribution is -2.44. The van der Waals surface area contributed by atoms with Crippen LogP contribution in [0.3, 0.4) is 0 Å². The zero-order chi connectivity index (χ0) is 18.9. The standard InChI is InChI=1S/C22H28N6/c1-26-11-13-27(14-12-26)20-6-2-5-18-17(20)15-19(25-18)21-7-3-10-28(21)16-22-23-8-4-9-24-22/h2,4-6,8-9,21H,3,7,10-16H2,1H3. The van der Waals surface area contributed by atoms with Crippen molar-refractivity contribution in [2.45, 2.75) is 31.8 Å². The van der Waals surface area contributed by atoms with Crippen molar-refractivity contribution < 1.29 is 0 Å². The Morgan fingerprint density at radius 3 is 2.64 bits per heavy atom. The van der Waals surface area contributed by atoms with Gasteiger partial charge in [0, 0.05) is 68.0 Å². The van der Waals surface area contributed by atoms with Crippen LogP contribution in [-0.4, -0.2) is 71.3 Å². The molecule has 0 amide bonds. The van der Waals surface area contributed by atoms with Gasteiger partial charge in [-0.1, -0.05) is 6.07 Å². The normalized spacial score (nSPS) is 23.1. The minimum Gasteiger partial charge on any atom is -0.369 e. The van der Waals surface area contributed by atoms with Gasteiger partial charge in [-0.05, 0) is 44.6 Å². The van der Waals surface area contributed by atoms with E-state index in [9.17, 15) is 0 Å². The SMILES string of the molecule is CN1CCN(c2cccc3c2CC(C2CCCN2Cc2ncccn2)=N3)CC1. The molecule has 0 radical (unpaired) electrons. The van der Waals surface area contributed by atoms with Crippen LogP contribution >= 0.6 is 0 Å². The smallest absolute Gasteiger partial charge is 0.142 e. The molecule has 1 unspecified atom stereocenters. The molecule has 1 atom stereocenters. The van der Waals surface area contributed by atoms with Gasteiger partial charge in [-0.2, -0.15) is 0 Å². The summed E-state index contributed by atoms with van der Waals surface area (Å²) in [5.41, 5.74) is 5.31. The molecule has 6 nitrogen and oxygen atoms in total. The number of aromatic nitrogens is 2. The Balaban J connectivity index is 1.34. The predicted molar refractivity (Wildman–Crippen MR) is 112 cm³/mol. The maximum Gasteiger partial charge on any atom is 0.142 e. The molecule has 2 fully saturated rings. The van der Waals surface area contributed by atoms with Crippen molar-refractivity contribution in [1.82, 2.24) is 19.8 Å². The highest BCUT2D eigenvalue weighted by Gasteiger charge is 2.33. The third-order valence-corrected chi connectivity index (χ3v) is 6.30. The second kappa shape index (κ2) is 7.60. The molecule has 5 rings (SSSR count). The number of hydrogen-bond acceptors (Lipinski definition) is 6. The van der Waals surface area contributed by atoms with Gasteiger partial charge >= 0.3 is 0 Å². The summed E-state index contributed by atoms with van der Waals surface area (Å²) in [5, 5.41) is 0. The van der Waals surface area contributed by atoms with Crippen molar-refractivity contribution in [1.29, 1.82) is 0 Å². The monoisotopic (exact) mass is 376 g/mol. The topological polar surface area (TPSA) is 47.9 Å². The molecule has 2 saturated heterocycles. The van der Waals surface area contributed by atoms with Crippen molar-refractivity contribution in [3.05, 3.63) is 48.0 Å². The van der Waals surface area contributed by atoms with Crippen molar-refractivity contribution in [3.63, 3.8) is 0 Å². The molecule has 0 saturated carbocycles. The molecule has 0 spiro atoms. The molecule has 2 aromatic rings. The number of rotatable bonds is 4. The molecule has 0 bridgehead atoms. The molecule has 0 N–H and O–H groups in total. The van der Waals surface area contributed by atoms with E-state index < -0.39 is 0 Å². The van der Waals surface area contributed by atoms with Crippen LogP contribution < -0.4 is 4.90 Å². The Morgan fingerprint density at radius 1 is 1.00 bits per heavy atom. The minimum atomic E-state index is 0.413. The highest BCUT2D eigenvalue weighted by Crippen LogP contribution is 2.37. The number of benzene rings is 1. The van der Waals surface area contributed by atoms with E-state index in [1.54, 1.807) is 0 Å². The van der Waals surface area contributed by atoms with Gasteiger partial charge in [0.2, 0.25) is 0 Å². The Morgan fingerprint density at radius 2 is 1.82 bits per heavy atom. The molecular weight excluding hydrogens is 348 g/mol. The van der Waals surface area contributed by atoms with E-state index in [0.29, 0.717) is 6.04 Å². The average molecular weight is 377 g/mol. The summed E-state index contributed by atoms with van der Waals surface area (Å²) in [7, 11) is 2.21. The molecule has 4 heterocycles. The summed E-state index contributed by atoms with van der Waals surface area (Å²) < 4.78 is 0.